The van der Waals surface area contributed by atoms with Crippen LogP contribution in [0.5, 0.6) is 0 Å². The van der Waals surface area contributed by atoms with Crippen LogP contribution in [-0.2, 0) is 9.47 Å². The van der Waals surface area contributed by atoms with Crippen molar-refractivity contribution in [1.82, 2.24) is 9.97 Å². The van der Waals surface area contributed by atoms with Gasteiger partial charge in [0, 0.05) is 29.6 Å². The van der Waals surface area contributed by atoms with Gasteiger partial charge in [-0.1, -0.05) is 36.4 Å². The standard InChI is InChI=1S/C24H22N2O4/c27-23(17-7-3-1-4-8-17)29-14-19-13-20(22-11-12-25-16-26-22)21(19)15-30-24(28)18-9-5-2-6-10-18/h1-12,16,19-21H,13-15H2/t19-,20?,21-/m1/s1. The molecular formula is C24H22N2O4. The van der Waals surface area contributed by atoms with Crippen molar-refractivity contribution in [2.45, 2.75) is 12.3 Å². The van der Waals surface area contributed by atoms with Crippen molar-refractivity contribution in [2.75, 3.05) is 13.2 Å². The first kappa shape index (κ1) is 19.8. The normalized spacial score (nSPS) is 20.1. The number of hydrogen-bond donors (Lipinski definition) is 0. The molecule has 1 unspecified atom stereocenters. The molecule has 0 aliphatic heterocycles. The number of hydrogen-bond acceptors (Lipinski definition) is 6. The monoisotopic (exact) mass is 402 g/mol. The molecule has 3 aromatic rings. The summed E-state index contributed by atoms with van der Waals surface area (Å²) in [5.74, 6) is -0.445. The van der Waals surface area contributed by atoms with Crippen LogP contribution in [0.25, 0.3) is 0 Å². The molecule has 0 N–H and O–H groups in total. The van der Waals surface area contributed by atoms with Gasteiger partial charge in [0.1, 0.15) is 6.33 Å². The smallest absolute Gasteiger partial charge is 0.338 e. The number of esters is 2. The predicted molar refractivity (Wildman–Crippen MR) is 110 cm³/mol. The third-order valence-electron chi connectivity index (χ3n) is 5.52. The summed E-state index contributed by atoms with van der Waals surface area (Å²) in [5.41, 5.74) is 1.95. The number of carbonyl (C=O) groups is 2. The molecule has 0 amide bonds. The zero-order chi connectivity index (χ0) is 20.8. The van der Waals surface area contributed by atoms with E-state index in [1.807, 2.05) is 18.2 Å². The Hall–Kier alpha value is -3.54. The maximum absolute atomic E-state index is 12.4. The molecule has 0 bridgehead atoms. The largest absolute Gasteiger partial charge is 0.462 e. The molecule has 0 spiro atoms. The molecule has 152 valence electrons. The van der Waals surface area contributed by atoms with Gasteiger partial charge in [-0.05, 0) is 36.8 Å². The second-order valence-electron chi connectivity index (χ2n) is 7.33. The molecule has 1 aromatic heterocycles. The van der Waals surface area contributed by atoms with Crippen molar-refractivity contribution >= 4 is 11.9 Å². The molecule has 6 nitrogen and oxygen atoms in total. The van der Waals surface area contributed by atoms with Gasteiger partial charge in [-0.2, -0.15) is 0 Å². The molecule has 1 fully saturated rings. The molecule has 2 aromatic carbocycles. The molecule has 1 aliphatic rings. The minimum absolute atomic E-state index is 0.0242. The molecule has 1 saturated carbocycles. The zero-order valence-corrected chi connectivity index (χ0v) is 16.4. The van der Waals surface area contributed by atoms with Crippen LogP contribution < -0.4 is 0 Å². The lowest BCUT2D eigenvalue weighted by Gasteiger charge is -2.43. The summed E-state index contributed by atoms with van der Waals surface area (Å²) in [6.07, 6.45) is 4.04. The highest BCUT2D eigenvalue weighted by Crippen LogP contribution is 2.47. The van der Waals surface area contributed by atoms with Gasteiger partial charge in [0.2, 0.25) is 0 Å². The zero-order valence-electron chi connectivity index (χ0n) is 16.4. The van der Waals surface area contributed by atoms with Crippen LogP contribution in [0.3, 0.4) is 0 Å². The molecule has 0 radical (unpaired) electrons. The molecular weight excluding hydrogens is 380 g/mol. The maximum atomic E-state index is 12.4. The van der Waals surface area contributed by atoms with Crippen molar-refractivity contribution < 1.29 is 19.1 Å². The summed E-state index contributed by atoms with van der Waals surface area (Å²) in [7, 11) is 0. The number of ether oxygens (including phenoxy) is 2. The first-order valence-corrected chi connectivity index (χ1v) is 9.92. The Morgan fingerprint density at radius 2 is 1.43 bits per heavy atom. The van der Waals surface area contributed by atoms with E-state index < -0.39 is 0 Å². The van der Waals surface area contributed by atoms with Crippen LogP contribution in [0.4, 0.5) is 0 Å². The summed E-state index contributed by atoms with van der Waals surface area (Å²) >= 11 is 0. The van der Waals surface area contributed by atoms with Gasteiger partial charge in [-0.3, -0.25) is 0 Å². The van der Waals surface area contributed by atoms with E-state index in [2.05, 4.69) is 9.97 Å². The van der Waals surface area contributed by atoms with Crippen LogP contribution in [0.2, 0.25) is 0 Å². The van der Waals surface area contributed by atoms with E-state index in [1.165, 1.54) is 6.33 Å². The van der Waals surface area contributed by atoms with Crippen molar-refractivity contribution in [3.63, 3.8) is 0 Å². The summed E-state index contributed by atoms with van der Waals surface area (Å²) < 4.78 is 11.1. The summed E-state index contributed by atoms with van der Waals surface area (Å²) in [6, 6.07) is 19.7. The van der Waals surface area contributed by atoms with Gasteiger partial charge in [0.25, 0.3) is 0 Å². The van der Waals surface area contributed by atoms with Gasteiger partial charge in [-0.15, -0.1) is 0 Å². The topological polar surface area (TPSA) is 78.4 Å². The summed E-state index contributed by atoms with van der Waals surface area (Å²) in [4.78, 5) is 33.0. The molecule has 4 rings (SSSR count). The van der Waals surface area contributed by atoms with Gasteiger partial charge >= 0.3 is 11.9 Å². The molecule has 1 aliphatic carbocycles. The van der Waals surface area contributed by atoms with Crippen LogP contribution in [0.1, 0.15) is 38.7 Å². The Balaban J connectivity index is 1.39. The van der Waals surface area contributed by atoms with E-state index in [4.69, 9.17) is 9.47 Å². The van der Waals surface area contributed by atoms with Crippen molar-refractivity contribution in [3.8, 4) is 0 Å². The quantitative estimate of drug-likeness (QED) is 0.558. The average molecular weight is 402 g/mol. The molecule has 30 heavy (non-hydrogen) atoms. The van der Waals surface area contributed by atoms with Gasteiger partial charge in [0.05, 0.1) is 24.3 Å². The highest BCUT2D eigenvalue weighted by atomic mass is 16.5. The average Bonchev–Trinajstić information content (AvgIpc) is 2.80. The van der Waals surface area contributed by atoms with Crippen LogP contribution in [0, 0.1) is 11.8 Å². The third kappa shape index (κ3) is 4.54. The SMILES string of the molecule is O=C(OC[C@H]1CC(c2ccncn2)[C@@H]1COC(=O)c1ccccc1)c1ccccc1. The predicted octanol–water partition coefficient (Wildman–Crippen LogP) is 3.91. The summed E-state index contributed by atoms with van der Waals surface area (Å²) in [6.45, 7) is 0.527. The van der Waals surface area contributed by atoms with E-state index in [0.29, 0.717) is 11.1 Å². The fourth-order valence-corrected chi connectivity index (χ4v) is 3.78. The lowest BCUT2D eigenvalue weighted by Crippen LogP contribution is -2.42. The number of aromatic nitrogens is 2. The maximum Gasteiger partial charge on any atom is 0.338 e. The second-order valence-corrected chi connectivity index (χ2v) is 7.33. The Morgan fingerprint density at radius 3 is 2.00 bits per heavy atom. The van der Waals surface area contributed by atoms with E-state index in [-0.39, 0.29) is 42.9 Å². The van der Waals surface area contributed by atoms with Crippen LogP contribution in [0.15, 0.2) is 79.3 Å². The Kier molecular flexibility index (Phi) is 6.13. The Bertz CT molecular complexity index is 980. The minimum atomic E-state index is -0.357. The third-order valence-corrected chi connectivity index (χ3v) is 5.52. The Labute approximate surface area is 174 Å². The summed E-state index contributed by atoms with van der Waals surface area (Å²) in [5, 5.41) is 0. The Morgan fingerprint density at radius 1 is 0.833 bits per heavy atom. The second kappa shape index (κ2) is 9.31. The minimum Gasteiger partial charge on any atom is -0.462 e. The number of rotatable bonds is 7. The van der Waals surface area contributed by atoms with Crippen LogP contribution in [-0.4, -0.2) is 35.1 Å². The fourth-order valence-electron chi connectivity index (χ4n) is 3.78. The number of carbonyl (C=O) groups excluding carboxylic acids is 2. The van der Waals surface area contributed by atoms with Gasteiger partial charge in [0.15, 0.2) is 0 Å². The number of nitrogens with zero attached hydrogens (tertiary/aromatic N) is 2. The van der Waals surface area contributed by atoms with Gasteiger partial charge < -0.3 is 9.47 Å². The fraction of sp³-hybridized carbons (Fsp3) is 0.250. The van der Waals surface area contributed by atoms with E-state index in [9.17, 15) is 9.59 Å². The van der Waals surface area contributed by atoms with E-state index in [1.54, 1.807) is 54.7 Å². The molecule has 6 heteroatoms. The highest BCUT2D eigenvalue weighted by molar-refractivity contribution is 5.89. The van der Waals surface area contributed by atoms with E-state index >= 15 is 0 Å². The van der Waals surface area contributed by atoms with Crippen molar-refractivity contribution in [1.29, 1.82) is 0 Å². The lowest BCUT2D eigenvalue weighted by molar-refractivity contribution is -0.0157. The van der Waals surface area contributed by atoms with Crippen molar-refractivity contribution in [3.05, 3.63) is 96.1 Å². The van der Waals surface area contributed by atoms with Gasteiger partial charge in [-0.25, -0.2) is 19.6 Å². The van der Waals surface area contributed by atoms with E-state index in [0.717, 1.165) is 12.1 Å². The first-order valence-electron chi connectivity index (χ1n) is 9.92. The number of benzene rings is 2. The lowest BCUT2D eigenvalue weighted by atomic mass is 9.64. The highest BCUT2D eigenvalue weighted by Gasteiger charge is 2.44. The molecule has 3 atom stereocenters. The molecule has 0 saturated heterocycles. The molecule has 1 heterocycles. The van der Waals surface area contributed by atoms with Crippen LogP contribution >= 0.6 is 0 Å². The van der Waals surface area contributed by atoms with Crippen molar-refractivity contribution in [2.24, 2.45) is 11.8 Å². The first-order chi connectivity index (χ1) is 14.7.